The fourth-order valence-corrected chi connectivity index (χ4v) is 2.33. The molecule has 1 aromatic rings. The van der Waals surface area contributed by atoms with Gasteiger partial charge in [-0.2, -0.15) is 0 Å². The summed E-state index contributed by atoms with van der Waals surface area (Å²) < 4.78 is 10.0. The van der Waals surface area contributed by atoms with E-state index in [9.17, 15) is 9.59 Å². The molecule has 0 aliphatic carbocycles. The number of esters is 1. The van der Waals surface area contributed by atoms with E-state index < -0.39 is 12.1 Å². The molecular formula is C9H10ClN3O4S. The first-order valence-electron chi connectivity index (χ1n) is 5.09. The number of hydrogen-bond donors (Lipinski definition) is 0. The fourth-order valence-electron chi connectivity index (χ4n) is 1.53. The van der Waals surface area contributed by atoms with Crippen LogP contribution in [0.1, 0.15) is 9.80 Å². The quantitative estimate of drug-likeness (QED) is 0.724. The summed E-state index contributed by atoms with van der Waals surface area (Å²) in [7, 11) is 1.27. The summed E-state index contributed by atoms with van der Waals surface area (Å²) in [6.07, 6.45) is -0.754. The number of methoxy groups -OCH3 is 1. The number of aromatic nitrogens is 2. The minimum atomic E-state index is -0.754. The van der Waals surface area contributed by atoms with Gasteiger partial charge < -0.3 is 14.4 Å². The molecule has 18 heavy (non-hydrogen) atoms. The third-order valence-corrected chi connectivity index (χ3v) is 3.41. The summed E-state index contributed by atoms with van der Waals surface area (Å²) in [6, 6.07) is 0. The molecular weight excluding hydrogens is 282 g/mol. The summed E-state index contributed by atoms with van der Waals surface area (Å²) in [4.78, 5) is 24.9. The van der Waals surface area contributed by atoms with Gasteiger partial charge in [-0.15, -0.1) is 10.2 Å². The van der Waals surface area contributed by atoms with Gasteiger partial charge in [0.15, 0.2) is 6.10 Å². The van der Waals surface area contributed by atoms with Gasteiger partial charge in [-0.05, 0) is 11.6 Å². The lowest BCUT2D eigenvalue weighted by Crippen LogP contribution is -2.48. The number of carbonyl (C=O) groups excluding carboxylic acids is 2. The summed E-state index contributed by atoms with van der Waals surface area (Å²) >= 11 is 6.62. The maximum Gasteiger partial charge on any atom is 0.336 e. The van der Waals surface area contributed by atoms with E-state index in [-0.39, 0.29) is 28.5 Å². The average Bonchev–Trinajstić information content (AvgIpc) is 2.83. The van der Waals surface area contributed by atoms with Crippen LogP contribution in [0.3, 0.4) is 0 Å². The summed E-state index contributed by atoms with van der Waals surface area (Å²) in [5.41, 5.74) is 0. The first-order valence-corrected chi connectivity index (χ1v) is 6.29. The molecule has 1 atom stereocenters. The van der Waals surface area contributed by atoms with E-state index in [1.54, 1.807) is 0 Å². The fraction of sp³-hybridized carbons (Fsp3) is 0.556. The predicted octanol–water partition coefficient (Wildman–Crippen LogP) is 0.205. The van der Waals surface area contributed by atoms with Crippen LogP contribution in [0.25, 0.3) is 0 Å². The summed E-state index contributed by atoms with van der Waals surface area (Å²) in [5, 5.41) is 7.44. The lowest BCUT2D eigenvalue weighted by atomic mass is 10.2. The Morgan fingerprint density at radius 1 is 1.56 bits per heavy atom. The zero-order valence-electron chi connectivity index (χ0n) is 9.46. The van der Waals surface area contributed by atoms with Crippen molar-refractivity contribution < 1.29 is 19.1 Å². The molecule has 1 aromatic heterocycles. The van der Waals surface area contributed by atoms with Crippen molar-refractivity contribution in [3.05, 3.63) is 9.47 Å². The largest absolute Gasteiger partial charge is 0.467 e. The Kier molecular flexibility index (Phi) is 4.10. The molecule has 1 fully saturated rings. The Hall–Kier alpha value is -1.25. The van der Waals surface area contributed by atoms with Crippen molar-refractivity contribution in [3.63, 3.8) is 0 Å². The number of hydrogen-bond acceptors (Lipinski definition) is 7. The molecule has 9 heteroatoms. The molecule has 0 N–H and O–H groups in total. The Bertz CT molecular complexity index is 466. The molecule has 98 valence electrons. The molecule has 1 saturated heterocycles. The third-order valence-electron chi connectivity index (χ3n) is 2.40. The van der Waals surface area contributed by atoms with Crippen molar-refractivity contribution >= 4 is 34.8 Å². The van der Waals surface area contributed by atoms with Gasteiger partial charge in [0.25, 0.3) is 5.91 Å². The first-order chi connectivity index (χ1) is 8.61. The van der Waals surface area contributed by atoms with Gasteiger partial charge in [0.05, 0.1) is 20.3 Å². The first kappa shape index (κ1) is 13.2. The van der Waals surface area contributed by atoms with Crippen LogP contribution in [0.5, 0.6) is 0 Å². The molecule has 1 aliphatic heterocycles. The maximum atomic E-state index is 12.0. The summed E-state index contributed by atoms with van der Waals surface area (Å²) in [6.45, 7) is 0.810. The highest BCUT2D eigenvalue weighted by Crippen LogP contribution is 2.18. The van der Waals surface area contributed by atoms with Crippen molar-refractivity contribution in [2.45, 2.75) is 6.10 Å². The van der Waals surface area contributed by atoms with Crippen LogP contribution in [0.4, 0.5) is 0 Å². The van der Waals surface area contributed by atoms with Crippen molar-refractivity contribution in [3.8, 4) is 0 Å². The van der Waals surface area contributed by atoms with Gasteiger partial charge in [-0.3, -0.25) is 4.79 Å². The number of rotatable bonds is 2. The lowest BCUT2D eigenvalue weighted by molar-refractivity contribution is -0.158. The SMILES string of the molecule is COC(=O)C1CN(C(=O)c2nnc(Cl)s2)CCO1. The van der Waals surface area contributed by atoms with E-state index in [1.807, 2.05) is 0 Å². The van der Waals surface area contributed by atoms with Crippen LogP contribution in [-0.4, -0.2) is 59.9 Å². The predicted molar refractivity (Wildman–Crippen MR) is 62.6 cm³/mol. The zero-order valence-corrected chi connectivity index (χ0v) is 11.0. The Morgan fingerprint density at radius 2 is 2.33 bits per heavy atom. The van der Waals surface area contributed by atoms with Crippen molar-refractivity contribution in [1.29, 1.82) is 0 Å². The molecule has 0 spiro atoms. The Labute approximate surface area is 112 Å². The van der Waals surface area contributed by atoms with Gasteiger partial charge in [-0.1, -0.05) is 11.3 Å². The summed E-state index contributed by atoms with van der Waals surface area (Å²) in [5.74, 6) is -0.806. The van der Waals surface area contributed by atoms with Crippen LogP contribution in [0, 0.1) is 0 Å². The number of carbonyl (C=O) groups is 2. The molecule has 0 aromatic carbocycles. The second-order valence-corrected chi connectivity index (χ2v) is 5.05. The number of ether oxygens (including phenoxy) is 2. The molecule has 1 amide bonds. The van der Waals surface area contributed by atoms with E-state index in [4.69, 9.17) is 16.3 Å². The molecule has 0 saturated carbocycles. The monoisotopic (exact) mass is 291 g/mol. The molecule has 0 bridgehead atoms. The highest BCUT2D eigenvalue weighted by atomic mass is 35.5. The van der Waals surface area contributed by atoms with Gasteiger partial charge in [-0.25, -0.2) is 4.79 Å². The number of nitrogens with zero attached hydrogens (tertiary/aromatic N) is 3. The number of halogens is 1. The lowest BCUT2D eigenvalue weighted by Gasteiger charge is -2.30. The Balaban J connectivity index is 2.05. The normalized spacial score (nSPS) is 19.7. The average molecular weight is 292 g/mol. The number of amides is 1. The molecule has 7 nitrogen and oxygen atoms in total. The van der Waals surface area contributed by atoms with E-state index >= 15 is 0 Å². The van der Waals surface area contributed by atoms with Gasteiger partial charge in [0.1, 0.15) is 0 Å². The zero-order chi connectivity index (χ0) is 13.1. The molecule has 1 unspecified atom stereocenters. The van der Waals surface area contributed by atoms with Crippen molar-refractivity contribution in [2.75, 3.05) is 26.8 Å². The topological polar surface area (TPSA) is 81.6 Å². The highest BCUT2D eigenvalue weighted by molar-refractivity contribution is 7.17. The second-order valence-electron chi connectivity index (χ2n) is 3.49. The van der Waals surface area contributed by atoms with Crippen LogP contribution >= 0.6 is 22.9 Å². The van der Waals surface area contributed by atoms with Crippen molar-refractivity contribution in [2.24, 2.45) is 0 Å². The van der Waals surface area contributed by atoms with Gasteiger partial charge in [0, 0.05) is 6.54 Å². The molecule has 2 rings (SSSR count). The van der Waals surface area contributed by atoms with Crippen molar-refractivity contribution in [1.82, 2.24) is 15.1 Å². The third kappa shape index (κ3) is 2.77. The smallest absolute Gasteiger partial charge is 0.336 e. The minimum Gasteiger partial charge on any atom is -0.467 e. The van der Waals surface area contributed by atoms with E-state index in [0.29, 0.717) is 6.54 Å². The van der Waals surface area contributed by atoms with E-state index in [2.05, 4.69) is 14.9 Å². The van der Waals surface area contributed by atoms with Crippen LogP contribution in [0.15, 0.2) is 0 Å². The van der Waals surface area contributed by atoms with E-state index in [1.165, 1.54) is 12.0 Å². The van der Waals surface area contributed by atoms with E-state index in [0.717, 1.165) is 11.3 Å². The Morgan fingerprint density at radius 3 is 2.94 bits per heavy atom. The maximum absolute atomic E-state index is 12.0. The number of morpholine rings is 1. The van der Waals surface area contributed by atoms with Gasteiger partial charge in [0.2, 0.25) is 9.47 Å². The highest BCUT2D eigenvalue weighted by Gasteiger charge is 2.31. The van der Waals surface area contributed by atoms with Gasteiger partial charge >= 0.3 is 5.97 Å². The standard InChI is InChI=1S/C9H10ClN3O4S/c1-16-8(15)5-4-13(2-3-17-5)7(14)6-11-12-9(10)18-6/h5H,2-4H2,1H3. The van der Waals surface area contributed by atoms with Crippen LogP contribution < -0.4 is 0 Å². The molecule has 0 radical (unpaired) electrons. The second kappa shape index (κ2) is 5.59. The van der Waals surface area contributed by atoms with Crippen LogP contribution in [0.2, 0.25) is 4.47 Å². The molecule has 2 heterocycles. The molecule has 1 aliphatic rings. The minimum absolute atomic E-state index is 0.142. The van der Waals surface area contributed by atoms with Crippen LogP contribution in [-0.2, 0) is 14.3 Å².